The van der Waals surface area contributed by atoms with Crippen LogP contribution in [-0.2, 0) is 20.7 Å². The molecule has 1 atom stereocenters. The summed E-state index contributed by atoms with van der Waals surface area (Å²) in [5, 5.41) is 2.32. The van der Waals surface area contributed by atoms with Crippen molar-refractivity contribution in [1.29, 1.82) is 0 Å². The monoisotopic (exact) mass is 257 g/mol. The molecule has 0 saturated heterocycles. The minimum atomic E-state index is -1.04. The molecule has 1 aromatic carbocycles. The molecule has 0 saturated carbocycles. The van der Waals surface area contributed by atoms with E-state index in [9.17, 15) is 18.4 Å². The first-order valence-corrected chi connectivity index (χ1v) is 5.23. The molecule has 1 amide bonds. The quantitative estimate of drug-likeness (QED) is 0.824. The number of benzene rings is 1. The summed E-state index contributed by atoms with van der Waals surface area (Å²) in [6.07, 6.45) is -0.171. The van der Waals surface area contributed by atoms with Gasteiger partial charge in [-0.3, -0.25) is 4.79 Å². The Bertz CT molecular complexity index is 463. The highest BCUT2D eigenvalue weighted by Gasteiger charge is 2.22. The zero-order chi connectivity index (χ0) is 13.7. The molecular weight excluding hydrogens is 244 g/mol. The number of hydrogen-bond donors (Lipinski definition) is 1. The van der Waals surface area contributed by atoms with Crippen LogP contribution in [0.4, 0.5) is 8.78 Å². The summed E-state index contributed by atoms with van der Waals surface area (Å²) in [4.78, 5) is 22.3. The molecule has 0 heterocycles. The number of nitrogens with one attached hydrogen (secondary N) is 1. The summed E-state index contributed by atoms with van der Waals surface area (Å²) < 4.78 is 30.9. The van der Waals surface area contributed by atoms with Crippen molar-refractivity contribution < 1.29 is 23.1 Å². The van der Waals surface area contributed by atoms with Crippen molar-refractivity contribution in [3.8, 4) is 0 Å². The summed E-state index contributed by atoms with van der Waals surface area (Å²) in [7, 11) is 1.15. The van der Waals surface area contributed by atoms with Crippen LogP contribution >= 0.6 is 0 Å². The van der Waals surface area contributed by atoms with Crippen LogP contribution in [0, 0.1) is 11.6 Å². The van der Waals surface area contributed by atoms with Crippen LogP contribution < -0.4 is 5.32 Å². The molecular formula is C12H13F2NO3. The lowest BCUT2D eigenvalue weighted by Gasteiger charge is -2.15. The van der Waals surface area contributed by atoms with E-state index in [1.807, 2.05) is 0 Å². The van der Waals surface area contributed by atoms with E-state index in [0.29, 0.717) is 0 Å². The third-order valence-corrected chi connectivity index (χ3v) is 2.29. The van der Waals surface area contributed by atoms with Gasteiger partial charge in [-0.25, -0.2) is 13.6 Å². The molecule has 0 radical (unpaired) electrons. The Morgan fingerprint density at radius 3 is 2.61 bits per heavy atom. The number of ether oxygens (including phenoxy) is 1. The van der Waals surface area contributed by atoms with E-state index in [0.717, 1.165) is 25.3 Å². The first-order valence-electron chi connectivity index (χ1n) is 5.23. The van der Waals surface area contributed by atoms with Crippen molar-refractivity contribution in [1.82, 2.24) is 5.32 Å². The van der Waals surface area contributed by atoms with Crippen LogP contribution in [0.25, 0.3) is 0 Å². The SMILES string of the molecule is COC(=O)[C@@H](Cc1cc(F)ccc1F)NC(C)=O. The van der Waals surface area contributed by atoms with Crippen LogP contribution in [0.3, 0.4) is 0 Å². The van der Waals surface area contributed by atoms with Crippen LogP contribution in [0.2, 0.25) is 0 Å². The van der Waals surface area contributed by atoms with Gasteiger partial charge in [-0.05, 0) is 23.8 Å². The zero-order valence-corrected chi connectivity index (χ0v) is 10.00. The summed E-state index contributed by atoms with van der Waals surface area (Å²) in [5.41, 5.74) is -0.000787. The second-order valence-electron chi connectivity index (χ2n) is 3.72. The van der Waals surface area contributed by atoms with Crippen molar-refractivity contribution in [2.45, 2.75) is 19.4 Å². The first-order chi connectivity index (χ1) is 8.43. The van der Waals surface area contributed by atoms with E-state index in [4.69, 9.17) is 0 Å². The van der Waals surface area contributed by atoms with Crippen LogP contribution in [-0.4, -0.2) is 25.0 Å². The molecule has 0 spiro atoms. The lowest BCUT2D eigenvalue weighted by Crippen LogP contribution is -2.42. The van der Waals surface area contributed by atoms with Crippen LogP contribution in [0.1, 0.15) is 12.5 Å². The molecule has 1 aromatic rings. The Morgan fingerprint density at radius 1 is 1.39 bits per heavy atom. The Balaban J connectivity index is 2.91. The normalized spacial score (nSPS) is 11.8. The van der Waals surface area contributed by atoms with Crippen molar-refractivity contribution in [3.63, 3.8) is 0 Å². The van der Waals surface area contributed by atoms with Gasteiger partial charge in [0.1, 0.15) is 17.7 Å². The smallest absolute Gasteiger partial charge is 0.328 e. The molecule has 0 aromatic heterocycles. The molecule has 0 bridgehead atoms. The second-order valence-corrected chi connectivity index (χ2v) is 3.72. The Morgan fingerprint density at radius 2 is 2.06 bits per heavy atom. The van der Waals surface area contributed by atoms with Gasteiger partial charge < -0.3 is 10.1 Å². The van der Waals surface area contributed by atoms with E-state index in [1.165, 1.54) is 6.92 Å². The summed E-state index contributed by atoms with van der Waals surface area (Å²) in [5.74, 6) is -2.43. The van der Waals surface area contributed by atoms with Gasteiger partial charge in [-0.15, -0.1) is 0 Å². The standard InChI is InChI=1S/C12H13F2NO3/c1-7(16)15-11(12(17)18-2)6-8-5-9(13)3-4-10(8)14/h3-5,11H,6H2,1-2H3,(H,15,16)/t11-/m1/s1. The number of methoxy groups -OCH3 is 1. The third-order valence-electron chi connectivity index (χ3n) is 2.29. The number of carbonyl (C=O) groups excluding carboxylic acids is 2. The fourth-order valence-corrected chi connectivity index (χ4v) is 1.50. The van der Waals surface area contributed by atoms with Gasteiger partial charge in [0.2, 0.25) is 5.91 Å². The summed E-state index contributed by atoms with van der Waals surface area (Å²) >= 11 is 0. The molecule has 6 heteroatoms. The zero-order valence-electron chi connectivity index (χ0n) is 10.00. The van der Waals surface area contributed by atoms with Gasteiger partial charge in [-0.2, -0.15) is 0 Å². The average Bonchev–Trinajstić information content (AvgIpc) is 2.31. The van der Waals surface area contributed by atoms with Crippen molar-refractivity contribution in [2.24, 2.45) is 0 Å². The number of hydrogen-bond acceptors (Lipinski definition) is 3. The van der Waals surface area contributed by atoms with E-state index in [2.05, 4.69) is 10.1 Å². The second kappa shape index (κ2) is 6.09. The lowest BCUT2D eigenvalue weighted by atomic mass is 10.1. The molecule has 0 aliphatic rings. The van der Waals surface area contributed by atoms with Crippen LogP contribution in [0.5, 0.6) is 0 Å². The molecule has 0 fully saturated rings. The number of amides is 1. The van der Waals surface area contributed by atoms with Crippen LogP contribution in [0.15, 0.2) is 18.2 Å². The Hall–Kier alpha value is -1.98. The predicted octanol–water partition coefficient (Wildman–Crippen LogP) is 1.18. The highest BCUT2D eigenvalue weighted by molar-refractivity contribution is 5.83. The number of halogens is 2. The molecule has 4 nitrogen and oxygen atoms in total. The van der Waals surface area contributed by atoms with E-state index >= 15 is 0 Å². The Kier molecular flexibility index (Phi) is 4.76. The molecule has 0 aliphatic carbocycles. The van der Waals surface area contributed by atoms with E-state index < -0.39 is 29.6 Å². The average molecular weight is 257 g/mol. The minimum absolute atomic E-state index is 0.000787. The van der Waals surface area contributed by atoms with Gasteiger partial charge >= 0.3 is 5.97 Å². The number of rotatable bonds is 4. The maximum atomic E-state index is 13.4. The molecule has 0 aliphatic heterocycles. The molecule has 18 heavy (non-hydrogen) atoms. The Labute approximate surface area is 103 Å². The van der Waals surface area contributed by atoms with Gasteiger partial charge in [-0.1, -0.05) is 0 Å². The van der Waals surface area contributed by atoms with E-state index in [-0.39, 0.29) is 12.0 Å². The molecule has 98 valence electrons. The summed E-state index contributed by atoms with van der Waals surface area (Å²) in [6, 6.07) is 1.88. The maximum Gasteiger partial charge on any atom is 0.328 e. The van der Waals surface area contributed by atoms with Gasteiger partial charge in [0.25, 0.3) is 0 Å². The largest absolute Gasteiger partial charge is 0.467 e. The highest BCUT2D eigenvalue weighted by Crippen LogP contribution is 2.12. The van der Waals surface area contributed by atoms with E-state index in [1.54, 1.807) is 0 Å². The number of carbonyl (C=O) groups is 2. The lowest BCUT2D eigenvalue weighted by molar-refractivity contribution is -0.144. The summed E-state index contributed by atoms with van der Waals surface area (Å²) in [6.45, 7) is 1.22. The fraction of sp³-hybridized carbons (Fsp3) is 0.333. The third kappa shape index (κ3) is 3.80. The maximum absolute atomic E-state index is 13.4. The fourth-order valence-electron chi connectivity index (χ4n) is 1.50. The molecule has 1 N–H and O–H groups in total. The molecule has 1 rings (SSSR count). The highest BCUT2D eigenvalue weighted by atomic mass is 19.1. The predicted molar refractivity (Wildman–Crippen MR) is 59.7 cm³/mol. The first kappa shape index (κ1) is 14.1. The van der Waals surface area contributed by atoms with Gasteiger partial charge in [0, 0.05) is 13.3 Å². The van der Waals surface area contributed by atoms with Crippen molar-refractivity contribution in [3.05, 3.63) is 35.4 Å². The molecule has 0 unspecified atom stereocenters. The number of esters is 1. The van der Waals surface area contributed by atoms with Gasteiger partial charge in [0.15, 0.2) is 0 Å². The van der Waals surface area contributed by atoms with Crippen molar-refractivity contribution in [2.75, 3.05) is 7.11 Å². The topological polar surface area (TPSA) is 55.4 Å². The minimum Gasteiger partial charge on any atom is -0.467 e. The van der Waals surface area contributed by atoms with Gasteiger partial charge in [0.05, 0.1) is 7.11 Å². The van der Waals surface area contributed by atoms with Crippen molar-refractivity contribution >= 4 is 11.9 Å².